The number of nitro groups is 1. The zero-order chi connectivity index (χ0) is 22.1. The van der Waals surface area contributed by atoms with E-state index in [1.807, 2.05) is 42.3 Å². The monoisotopic (exact) mass is 417 g/mol. The molecule has 12 heteroatoms. The van der Waals surface area contributed by atoms with E-state index in [1.54, 1.807) is 6.92 Å². The Morgan fingerprint density at radius 1 is 1.40 bits per heavy atom. The van der Waals surface area contributed by atoms with E-state index >= 15 is 0 Å². The summed E-state index contributed by atoms with van der Waals surface area (Å²) in [5.74, 6) is -0.413. The molecule has 0 spiro atoms. The fourth-order valence-electron chi connectivity index (χ4n) is 2.59. The summed E-state index contributed by atoms with van der Waals surface area (Å²) in [5, 5.41) is 29.2. The van der Waals surface area contributed by atoms with Gasteiger partial charge >= 0.3 is 11.8 Å². The number of nitrogens with two attached hydrogens (primary N) is 1. The molecule has 5 N–H and O–H groups in total. The summed E-state index contributed by atoms with van der Waals surface area (Å²) in [7, 11) is 1.81. The van der Waals surface area contributed by atoms with Gasteiger partial charge in [0.1, 0.15) is 11.5 Å². The number of ether oxygens (including phenoxy) is 1. The van der Waals surface area contributed by atoms with E-state index in [-0.39, 0.29) is 37.0 Å². The molecule has 2 aromatic rings. The number of benzene rings is 1. The van der Waals surface area contributed by atoms with Crippen molar-refractivity contribution in [2.45, 2.75) is 6.92 Å². The molecule has 2 rings (SSSR count). The third-order valence-electron chi connectivity index (χ3n) is 3.95. The number of para-hydroxylation sites is 1. The first-order chi connectivity index (χ1) is 14.3. The van der Waals surface area contributed by atoms with Crippen LogP contribution >= 0.6 is 0 Å². The van der Waals surface area contributed by atoms with Crippen LogP contribution in [0.3, 0.4) is 0 Å². The number of rotatable bonds is 9. The standard InChI is InChI=1S/C18H23N7O5/c1-3-30-18(26)22-15-9-14(16(25(28)29)17(19)21-15)20-10-12(23-27)11-24(2)13-7-5-4-6-8-13/h4-9,27H,3,10-11H2,1-2H3,(H4,19,20,21,22,26)/b23-12-. The van der Waals surface area contributed by atoms with Gasteiger partial charge in [0.25, 0.3) is 0 Å². The maximum atomic E-state index is 11.6. The number of aromatic nitrogens is 1. The second-order valence-electron chi connectivity index (χ2n) is 6.10. The van der Waals surface area contributed by atoms with Gasteiger partial charge in [0.05, 0.1) is 30.3 Å². The van der Waals surface area contributed by atoms with Crippen LogP contribution in [0, 0.1) is 10.1 Å². The number of anilines is 4. The second-order valence-corrected chi connectivity index (χ2v) is 6.10. The van der Waals surface area contributed by atoms with Gasteiger partial charge in [-0.1, -0.05) is 23.4 Å². The van der Waals surface area contributed by atoms with Crippen molar-refractivity contribution in [3.8, 4) is 0 Å². The van der Waals surface area contributed by atoms with Crippen molar-refractivity contribution in [1.82, 2.24) is 4.98 Å². The van der Waals surface area contributed by atoms with E-state index in [2.05, 4.69) is 20.8 Å². The van der Waals surface area contributed by atoms with Crippen LogP contribution in [0.5, 0.6) is 0 Å². The fourth-order valence-corrected chi connectivity index (χ4v) is 2.59. The highest BCUT2D eigenvalue weighted by Gasteiger charge is 2.22. The Morgan fingerprint density at radius 3 is 2.70 bits per heavy atom. The minimum Gasteiger partial charge on any atom is -0.450 e. The van der Waals surface area contributed by atoms with Crippen LogP contribution in [0.25, 0.3) is 0 Å². The van der Waals surface area contributed by atoms with E-state index in [0.29, 0.717) is 5.71 Å². The largest absolute Gasteiger partial charge is 0.450 e. The van der Waals surface area contributed by atoms with E-state index in [0.717, 1.165) is 5.69 Å². The van der Waals surface area contributed by atoms with Crippen LogP contribution in [0.15, 0.2) is 41.6 Å². The van der Waals surface area contributed by atoms with E-state index < -0.39 is 16.7 Å². The van der Waals surface area contributed by atoms with Crippen molar-refractivity contribution in [3.63, 3.8) is 0 Å². The van der Waals surface area contributed by atoms with Gasteiger partial charge in [-0.05, 0) is 19.1 Å². The predicted molar refractivity (Wildman–Crippen MR) is 113 cm³/mol. The van der Waals surface area contributed by atoms with E-state index in [1.165, 1.54) is 6.07 Å². The molecular weight excluding hydrogens is 394 g/mol. The zero-order valence-electron chi connectivity index (χ0n) is 16.5. The summed E-state index contributed by atoms with van der Waals surface area (Å²) in [4.78, 5) is 28.0. The van der Waals surface area contributed by atoms with Crippen LogP contribution in [0.4, 0.5) is 33.5 Å². The van der Waals surface area contributed by atoms with Crippen molar-refractivity contribution in [2.75, 3.05) is 48.0 Å². The lowest BCUT2D eigenvalue weighted by molar-refractivity contribution is -0.383. The number of nitrogen functional groups attached to an aromatic ring is 1. The van der Waals surface area contributed by atoms with Crippen LogP contribution in [-0.2, 0) is 4.74 Å². The summed E-state index contributed by atoms with van der Waals surface area (Å²) in [5.41, 5.74) is 6.45. The molecule has 1 aromatic carbocycles. The van der Waals surface area contributed by atoms with Crippen molar-refractivity contribution in [3.05, 3.63) is 46.5 Å². The van der Waals surface area contributed by atoms with Gasteiger partial charge in [-0.3, -0.25) is 15.4 Å². The Kier molecular flexibility index (Phi) is 7.74. The first kappa shape index (κ1) is 22.2. The maximum Gasteiger partial charge on any atom is 0.412 e. The van der Waals surface area contributed by atoms with Crippen molar-refractivity contribution < 1.29 is 19.7 Å². The SMILES string of the molecule is CCOC(=O)Nc1cc(NC/C(CN(C)c2ccccc2)=N/O)c([N+](=O)[O-])c(N)n1. The highest BCUT2D eigenvalue weighted by atomic mass is 16.6. The Hall–Kier alpha value is -4.09. The molecule has 1 amide bonds. The molecule has 160 valence electrons. The summed E-state index contributed by atoms with van der Waals surface area (Å²) >= 11 is 0. The Labute approximate surface area is 172 Å². The lowest BCUT2D eigenvalue weighted by Crippen LogP contribution is -2.30. The number of nitrogens with one attached hydrogen (secondary N) is 2. The second kappa shape index (κ2) is 10.5. The van der Waals surface area contributed by atoms with Gasteiger partial charge in [-0.2, -0.15) is 0 Å². The Balaban J connectivity index is 2.17. The third-order valence-corrected chi connectivity index (χ3v) is 3.95. The highest BCUT2D eigenvalue weighted by molar-refractivity contribution is 5.93. The number of carbonyl (C=O) groups is 1. The van der Waals surface area contributed by atoms with Crippen LogP contribution in [0.1, 0.15) is 6.92 Å². The molecule has 1 aromatic heterocycles. The van der Waals surface area contributed by atoms with Gasteiger partial charge < -0.3 is 25.9 Å². The number of amides is 1. The van der Waals surface area contributed by atoms with Gasteiger partial charge in [0.15, 0.2) is 0 Å². The minimum atomic E-state index is -0.772. The highest BCUT2D eigenvalue weighted by Crippen LogP contribution is 2.32. The Bertz CT molecular complexity index is 921. The Morgan fingerprint density at radius 2 is 2.10 bits per heavy atom. The zero-order valence-corrected chi connectivity index (χ0v) is 16.5. The number of nitrogens with zero attached hydrogens (tertiary/aromatic N) is 4. The summed E-state index contributed by atoms with van der Waals surface area (Å²) in [6.07, 6.45) is -0.772. The van der Waals surface area contributed by atoms with Crippen molar-refractivity contribution in [1.29, 1.82) is 0 Å². The molecule has 0 aliphatic rings. The molecule has 0 aliphatic heterocycles. The lowest BCUT2D eigenvalue weighted by atomic mass is 10.2. The smallest absolute Gasteiger partial charge is 0.412 e. The van der Waals surface area contributed by atoms with Gasteiger partial charge in [0.2, 0.25) is 5.82 Å². The van der Waals surface area contributed by atoms with Crippen molar-refractivity contribution in [2.24, 2.45) is 5.16 Å². The average Bonchev–Trinajstić information content (AvgIpc) is 2.71. The van der Waals surface area contributed by atoms with Gasteiger partial charge in [-0.15, -0.1) is 0 Å². The van der Waals surface area contributed by atoms with Crippen LogP contribution in [0.2, 0.25) is 0 Å². The first-order valence-electron chi connectivity index (χ1n) is 8.94. The maximum absolute atomic E-state index is 11.6. The third kappa shape index (κ3) is 5.95. The molecule has 0 saturated heterocycles. The normalized spacial score (nSPS) is 10.9. The molecule has 0 aliphatic carbocycles. The predicted octanol–water partition coefficient (Wildman–Crippen LogP) is 2.52. The molecule has 30 heavy (non-hydrogen) atoms. The molecule has 1 heterocycles. The van der Waals surface area contributed by atoms with Crippen LogP contribution in [-0.4, -0.2) is 53.7 Å². The van der Waals surface area contributed by atoms with Crippen LogP contribution < -0.4 is 21.3 Å². The molecule has 12 nitrogen and oxygen atoms in total. The molecule has 0 unspecified atom stereocenters. The molecule has 0 atom stereocenters. The first-order valence-corrected chi connectivity index (χ1v) is 8.94. The average molecular weight is 417 g/mol. The molecule has 0 radical (unpaired) electrons. The topological polar surface area (TPSA) is 168 Å². The molecule has 0 bridgehead atoms. The van der Waals surface area contributed by atoms with E-state index in [9.17, 15) is 20.1 Å². The number of oxime groups is 1. The number of hydrogen-bond acceptors (Lipinski definition) is 10. The molecular formula is C18H23N7O5. The van der Waals surface area contributed by atoms with Crippen molar-refractivity contribution >= 4 is 40.5 Å². The quantitative estimate of drug-likeness (QED) is 0.207. The fraction of sp³-hybridized carbons (Fsp3) is 0.278. The number of pyridine rings is 1. The molecule has 0 fully saturated rings. The summed E-state index contributed by atoms with van der Waals surface area (Å²) in [6, 6.07) is 10.7. The van der Waals surface area contributed by atoms with Gasteiger partial charge in [-0.25, -0.2) is 9.78 Å². The number of carbonyl (C=O) groups excluding carboxylic acids is 1. The van der Waals surface area contributed by atoms with Gasteiger partial charge in [0, 0.05) is 18.8 Å². The lowest BCUT2D eigenvalue weighted by Gasteiger charge is -2.20. The number of hydrogen-bond donors (Lipinski definition) is 4. The summed E-state index contributed by atoms with van der Waals surface area (Å²) in [6.45, 7) is 2.02. The van der Waals surface area contributed by atoms with E-state index in [4.69, 9.17) is 10.5 Å². The summed E-state index contributed by atoms with van der Waals surface area (Å²) < 4.78 is 4.76. The molecule has 0 saturated carbocycles. The minimum absolute atomic E-state index is 0.00260.